The van der Waals surface area contributed by atoms with Crippen molar-refractivity contribution in [3.63, 3.8) is 0 Å². The van der Waals surface area contributed by atoms with Crippen LogP contribution in [-0.4, -0.2) is 24.9 Å². The lowest BCUT2D eigenvalue weighted by Crippen LogP contribution is -2.12. The number of nitrogens with one attached hydrogen (secondary N) is 2. The van der Waals surface area contributed by atoms with E-state index in [9.17, 15) is 8.42 Å². The third-order valence-electron chi connectivity index (χ3n) is 3.44. The molecule has 0 radical (unpaired) electrons. The Morgan fingerprint density at radius 1 is 1.26 bits per heavy atom. The normalized spacial score (nSPS) is 14.5. The average Bonchev–Trinajstić information content (AvgIpc) is 3.32. The molecule has 0 spiro atoms. The second-order valence-electron chi connectivity index (χ2n) is 5.41. The molecule has 1 aliphatic carbocycles. The summed E-state index contributed by atoms with van der Waals surface area (Å²) in [7, 11) is -3.69. The van der Waals surface area contributed by atoms with Crippen molar-refractivity contribution in [2.45, 2.75) is 17.7 Å². The zero-order valence-corrected chi connectivity index (χ0v) is 14.6. The molecule has 1 saturated carbocycles. The summed E-state index contributed by atoms with van der Waals surface area (Å²) in [5.41, 5.74) is 0.674. The highest BCUT2D eigenvalue weighted by molar-refractivity contribution is 9.10. The number of nitrogens with zero attached hydrogens (tertiary/aromatic N) is 2. The first-order chi connectivity index (χ1) is 10.9. The van der Waals surface area contributed by atoms with E-state index in [0.717, 1.165) is 22.8 Å². The van der Waals surface area contributed by atoms with Crippen molar-refractivity contribution in [3.8, 4) is 0 Å². The molecule has 4 N–H and O–H groups in total. The van der Waals surface area contributed by atoms with Crippen LogP contribution < -0.4 is 15.8 Å². The Bertz CT molecular complexity index is 806. The predicted octanol–water partition coefficient (Wildman–Crippen LogP) is 2.45. The van der Waals surface area contributed by atoms with Crippen LogP contribution in [0.1, 0.15) is 12.8 Å². The van der Waals surface area contributed by atoms with Gasteiger partial charge in [-0.3, -0.25) is 0 Å². The molecule has 122 valence electrons. The van der Waals surface area contributed by atoms with Gasteiger partial charge in [0, 0.05) is 18.4 Å². The number of hydrogen-bond acceptors (Lipinski definition) is 6. The molecule has 0 aliphatic heterocycles. The molecule has 0 saturated heterocycles. The van der Waals surface area contributed by atoms with Crippen molar-refractivity contribution in [2.75, 3.05) is 17.2 Å². The van der Waals surface area contributed by atoms with Crippen LogP contribution in [0.15, 0.2) is 39.8 Å². The van der Waals surface area contributed by atoms with E-state index in [1.54, 1.807) is 18.3 Å². The minimum Gasteiger partial charge on any atom is -0.369 e. The van der Waals surface area contributed by atoms with Crippen molar-refractivity contribution in [2.24, 2.45) is 11.1 Å². The van der Waals surface area contributed by atoms with Crippen LogP contribution in [0.2, 0.25) is 0 Å². The fourth-order valence-corrected chi connectivity index (χ4v) is 2.82. The molecule has 1 aliphatic rings. The van der Waals surface area contributed by atoms with E-state index in [4.69, 9.17) is 5.14 Å². The monoisotopic (exact) mass is 397 g/mol. The first-order valence-corrected chi connectivity index (χ1v) is 9.42. The number of nitrogens with two attached hydrogens (primary N) is 1. The minimum atomic E-state index is -3.69. The van der Waals surface area contributed by atoms with Gasteiger partial charge in [-0.1, -0.05) is 0 Å². The molecule has 0 amide bonds. The number of benzene rings is 1. The SMILES string of the molecule is NS(=O)(=O)c1ccc(Nc2ncc(Br)c(NCC3CC3)n2)cc1. The summed E-state index contributed by atoms with van der Waals surface area (Å²) in [6, 6.07) is 6.09. The molecule has 1 heterocycles. The molecule has 23 heavy (non-hydrogen) atoms. The topological polar surface area (TPSA) is 110 Å². The van der Waals surface area contributed by atoms with Gasteiger partial charge in [0.25, 0.3) is 0 Å². The zero-order chi connectivity index (χ0) is 16.4. The summed E-state index contributed by atoms with van der Waals surface area (Å²) in [6.45, 7) is 0.901. The van der Waals surface area contributed by atoms with Crippen LogP contribution in [0.25, 0.3) is 0 Å². The maximum Gasteiger partial charge on any atom is 0.238 e. The fraction of sp³-hybridized carbons (Fsp3) is 0.286. The quantitative estimate of drug-likeness (QED) is 0.690. The van der Waals surface area contributed by atoms with Gasteiger partial charge < -0.3 is 10.6 Å². The molecular formula is C14H16BrN5O2S. The van der Waals surface area contributed by atoms with Crippen LogP contribution in [0, 0.1) is 5.92 Å². The first-order valence-electron chi connectivity index (χ1n) is 7.08. The molecular weight excluding hydrogens is 382 g/mol. The molecule has 0 unspecified atom stereocenters. The van der Waals surface area contributed by atoms with Crippen LogP contribution in [0.4, 0.5) is 17.5 Å². The number of anilines is 3. The van der Waals surface area contributed by atoms with Gasteiger partial charge in [0.15, 0.2) is 0 Å². The van der Waals surface area contributed by atoms with Gasteiger partial charge in [0.1, 0.15) is 5.82 Å². The van der Waals surface area contributed by atoms with E-state index in [-0.39, 0.29) is 4.90 Å². The van der Waals surface area contributed by atoms with E-state index in [1.807, 2.05) is 0 Å². The summed E-state index contributed by atoms with van der Waals surface area (Å²) in [5.74, 6) is 1.89. The molecule has 1 fully saturated rings. The van der Waals surface area contributed by atoms with E-state index < -0.39 is 10.0 Å². The van der Waals surface area contributed by atoms with Gasteiger partial charge in [-0.05, 0) is 59.0 Å². The number of halogens is 1. The van der Waals surface area contributed by atoms with Gasteiger partial charge in [-0.15, -0.1) is 0 Å². The molecule has 0 bridgehead atoms. The molecule has 2 aromatic rings. The summed E-state index contributed by atoms with van der Waals surface area (Å²) >= 11 is 3.42. The average molecular weight is 398 g/mol. The Morgan fingerprint density at radius 3 is 2.57 bits per heavy atom. The van der Waals surface area contributed by atoms with Gasteiger partial charge >= 0.3 is 0 Å². The fourth-order valence-electron chi connectivity index (χ4n) is 1.97. The summed E-state index contributed by atoms with van der Waals surface area (Å²) < 4.78 is 23.3. The standard InChI is InChI=1S/C14H16BrN5O2S/c15-12-8-18-14(20-13(12)17-7-9-1-2-9)19-10-3-5-11(6-4-10)23(16,21)22/h3-6,8-9H,1-2,7H2,(H2,16,21,22)(H2,17,18,19,20). The number of aromatic nitrogens is 2. The Labute approximate surface area is 142 Å². The molecule has 7 nitrogen and oxygen atoms in total. The first kappa shape index (κ1) is 16.2. The number of rotatable bonds is 6. The van der Waals surface area contributed by atoms with E-state index in [0.29, 0.717) is 11.6 Å². The number of primary sulfonamides is 1. The van der Waals surface area contributed by atoms with Crippen LogP contribution >= 0.6 is 15.9 Å². The lowest BCUT2D eigenvalue weighted by Gasteiger charge is -2.10. The minimum absolute atomic E-state index is 0.0616. The van der Waals surface area contributed by atoms with Crippen molar-refractivity contribution in [1.82, 2.24) is 9.97 Å². The Hall–Kier alpha value is -1.71. The lowest BCUT2D eigenvalue weighted by atomic mass is 10.3. The maximum absolute atomic E-state index is 11.2. The summed E-state index contributed by atoms with van der Waals surface area (Å²) in [5, 5.41) is 11.4. The van der Waals surface area contributed by atoms with Crippen LogP contribution in [0.5, 0.6) is 0 Å². The van der Waals surface area contributed by atoms with E-state index in [1.165, 1.54) is 25.0 Å². The van der Waals surface area contributed by atoms with Crippen molar-refractivity contribution in [1.29, 1.82) is 0 Å². The van der Waals surface area contributed by atoms with Crippen LogP contribution in [-0.2, 0) is 10.0 Å². The Kier molecular flexibility index (Phi) is 4.51. The Balaban J connectivity index is 1.72. The second kappa shape index (κ2) is 6.42. The van der Waals surface area contributed by atoms with Crippen molar-refractivity contribution >= 4 is 43.4 Å². The number of sulfonamides is 1. The molecule has 3 rings (SSSR count). The van der Waals surface area contributed by atoms with Gasteiger partial charge in [-0.2, -0.15) is 4.98 Å². The highest BCUT2D eigenvalue weighted by Crippen LogP contribution is 2.30. The number of hydrogen-bond donors (Lipinski definition) is 3. The van der Waals surface area contributed by atoms with Crippen molar-refractivity contribution < 1.29 is 8.42 Å². The smallest absolute Gasteiger partial charge is 0.238 e. The van der Waals surface area contributed by atoms with Gasteiger partial charge in [0.05, 0.1) is 9.37 Å². The molecule has 0 atom stereocenters. The van der Waals surface area contributed by atoms with E-state index >= 15 is 0 Å². The van der Waals surface area contributed by atoms with Gasteiger partial charge in [0.2, 0.25) is 16.0 Å². The third-order valence-corrected chi connectivity index (χ3v) is 4.95. The van der Waals surface area contributed by atoms with E-state index in [2.05, 4.69) is 36.5 Å². The molecule has 1 aromatic carbocycles. The molecule has 9 heteroatoms. The Morgan fingerprint density at radius 2 is 1.96 bits per heavy atom. The predicted molar refractivity (Wildman–Crippen MR) is 92.0 cm³/mol. The lowest BCUT2D eigenvalue weighted by molar-refractivity contribution is 0.598. The van der Waals surface area contributed by atoms with Crippen molar-refractivity contribution in [3.05, 3.63) is 34.9 Å². The largest absolute Gasteiger partial charge is 0.369 e. The zero-order valence-electron chi connectivity index (χ0n) is 12.2. The third kappa shape index (κ3) is 4.40. The summed E-state index contributed by atoms with van der Waals surface area (Å²) in [6.07, 6.45) is 4.19. The maximum atomic E-state index is 11.2. The highest BCUT2D eigenvalue weighted by atomic mass is 79.9. The summed E-state index contributed by atoms with van der Waals surface area (Å²) in [4.78, 5) is 8.67. The second-order valence-corrected chi connectivity index (χ2v) is 7.82. The highest BCUT2D eigenvalue weighted by Gasteiger charge is 2.21. The van der Waals surface area contributed by atoms with Crippen LogP contribution in [0.3, 0.4) is 0 Å². The molecule has 1 aromatic heterocycles. The van der Waals surface area contributed by atoms with Gasteiger partial charge in [-0.25, -0.2) is 18.5 Å².